The summed E-state index contributed by atoms with van der Waals surface area (Å²) in [5, 5.41) is 2.01. The lowest BCUT2D eigenvalue weighted by molar-refractivity contribution is 1.28. The minimum absolute atomic E-state index is 0.996. The number of thioether (sulfide) groups is 2. The molecule has 6 aromatic carbocycles. The summed E-state index contributed by atoms with van der Waals surface area (Å²) >= 11 is 6.97. The first-order valence-electron chi connectivity index (χ1n) is 18.3. The monoisotopic (exact) mass is 797 g/mol. The Morgan fingerprint density at radius 1 is 0.554 bits per heavy atom. The van der Waals surface area contributed by atoms with Crippen molar-refractivity contribution in [1.29, 1.82) is 0 Å². The fraction of sp³-hybridized carbons (Fsp3) is 0.0612. The van der Waals surface area contributed by atoms with Gasteiger partial charge < -0.3 is 4.90 Å². The second-order valence-corrected chi connectivity index (χ2v) is 16.9. The van der Waals surface area contributed by atoms with Crippen LogP contribution < -0.4 is 4.90 Å². The van der Waals surface area contributed by atoms with Gasteiger partial charge in [-0.25, -0.2) is 9.97 Å². The van der Waals surface area contributed by atoms with E-state index in [1.165, 1.54) is 35.9 Å². The molecule has 274 valence electrons. The third-order valence-electron chi connectivity index (χ3n) is 9.42. The van der Waals surface area contributed by atoms with Gasteiger partial charge in [0.1, 0.15) is 10.0 Å². The van der Waals surface area contributed by atoms with E-state index in [0.29, 0.717) is 0 Å². The number of benzene rings is 6. The maximum atomic E-state index is 4.96. The number of para-hydroxylation sites is 2. The second-order valence-electron chi connectivity index (χ2n) is 13.1. The number of hydrogen-bond acceptors (Lipinski definition) is 7. The molecule has 0 fully saturated rings. The van der Waals surface area contributed by atoms with E-state index in [1.807, 2.05) is 6.07 Å². The molecule has 0 N–H and O–H groups in total. The van der Waals surface area contributed by atoms with E-state index in [2.05, 4.69) is 200 Å². The van der Waals surface area contributed by atoms with Crippen LogP contribution in [0.5, 0.6) is 0 Å². The minimum Gasteiger partial charge on any atom is -0.311 e. The Kier molecular flexibility index (Phi) is 11.8. The molecule has 2 heterocycles. The maximum Gasteiger partial charge on any atom is 0.117 e. The topological polar surface area (TPSA) is 29.0 Å². The SMILES string of the molecule is CSc1ccc(/C=C/C=C/c2nc3cc(-c4ccc(N(c5ccccc5)c5ccc(/C(C)=C/C=C/c6nc7ccccc7s6)cc5)cc4)ccc3s2)c(SC)c1. The average Bonchev–Trinajstić information content (AvgIpc) is 3.86. The van der Waals surface area contributed by atoms with Crippen LogP contribution in [0, 0.1) is 0 Å². The fourth-order valence-electron chi connectivity index (χ4n) is 6.48. The Balaban J connectivity index is 0.980. The van der Waals surface area contributed by atoms with Gasteiger partial charge in [0.2, 0.25) is 0 Å². The largest absolute Gasteiger partial charge is 0.311 e. The number of anilines is 3. The van der Waals surface area contributed by atoms with Crippen LogP contribution in [0.15, 0.2) is 174 Å². The van der Waals surface area contributed by atoms with Crippen LogP contribution in [0.2, 0.25) is 0 Å². The molecule has 0 atom stereocenters. The van der Waals surface area contributed by atoms with Crippen LogP contribution in [-0.2, 0) is 0 Å². The molecular formula is C49H39N3S4. The van der Waals surface area contributed by atoms with Gasteiger partial charge in [-0.3, -0.25) is 0 Å². The third kappa shape index (κ3) is 8.67. The van der Waals surface area contributed by atoms with Crippen molar-refractivity contribution in [3.63, 3.8) is 0 Å². The molecule has 0 amide bonds. The molecule has 56 heavy (non-hydrogen) atoms. The van der Waals surface area contributed by atoms with Crippen LogP contribution in [0.1, 0.15) is 28.1 Å². The molecule has 7 heteroatoms. The van der Waals surface area contributed by atoms with Crippen LogP contribution in [0.4, 0.5) is 17.1 Å². The van der Waals surface area contributed by atoms with Gasteiger partial charge in [-0.2, -0.15) is 0 Å². The van der Waals surface area contributed by atoms with Gasteiger partial charge in [-0.15, -0.1) is 46.2 Å². The highest BCUT2D eigenvalue weighted by Gasteiger charge is 2.13. The predicted molar refractivity (Wildman–Crippen MR) is 250 cm³/mol. The number of nitrogens with zero attached hydrogens (tertiary/aromatic N) is 3. The van der Waals surface area contributed by atoms with Gasteiger partial charge in [-0.1, -0.05) is 97.1 Å². The average molecular weight is 798 g/mol. The van der Waals surface area contributed by atoms with Gasteiger partial charge in [0.05, 0.1) is 20.4 Å². The van der Waals surface area contributed by atoms with Crippen molar-refractivity contribution >= 4 is 107 Å². The molecule has 0 radical (unpaired) electrons. The smallest absolute Gasteiger partial charge is 0.117 e. The number of thiazole rings is 2. The number of aromatic nitrogens is 2. The van der Waals surface area contributed by atoms with Crippen molar-refractivity contribution in [3.8, 4) is 11.1 Å². The lowest BCUT2D eigenvalue weighted by Gasteiger charge is -2.26. The molecule has 0 saturated heterocycles. The third-order valence-corrected chi connectivity index (χ3v) is 12.9. The van der Waals surface area contributed by atoms with E-state index in [1.54, 1.807) is 46.2 Å². The van der Waals surface area contributed by atoms with Crippen molar-refractivity contribution in [2.75, 3.05) is 17.4 Å². The first-order valence-corrected chi connectivity index (χ1v) is 22.4. The normalized spacial score (nSPS) is 12.2. The summed E-state index contributed by atoms with van der Waals surface area (Å²) < 4.78 is 2.39. The molecule has 2 aromatic heterocycles. The molecule has 0 aliphatic carbocycles. The molecule has 0 aliphatic heterocycles. The van der Waals surface area contributed by atoms with Crippen molar-refractivity contribution in [2.45, 2.75) is 16.7 Å². The number of rotatable bonds is 12. The van der Waals surface area contributed by atoms with E-state index in [-0.39, 0.29) is 0 Å². The minimum atomic E-state index is 0.996. The Hall–Kier alpha value is -5.44. The van der Waals surface area contributed by atoms with Crippen molar-refractivity contribution in [1.82, 2.24) is 9.97 Å². The van der Waals surface area contributed by atoms with E-state index in [0.717, 1.165) is 49.2 Å². The van der Waals surface area contributed by atoms with E-state index in [4.69, 9.17) is 9.97 Å². The highest BCUT2D eigenvalue weighted by atomic mass is 32.2. The van der Waals surface area contributed by atoms with Crippen LogP contribution in [-0.4, -0.2) is 22.5 Å². The second kappa shape index (κ2) is 17.6. The highest BCUT2D eigenvalue weighted by Crippen LogP contribution is 2.37. The zero-order valence-corrected chi connectivity index (χ0v) is 34.6. The van der Waals surface area contributed by atoms with Crippen LogP contribution in [0.3, 0.4) is 0 Å². The summed E-state index contributed by atoms with van der Waals surface area (Å²) in [4.78, 5) is 14.6. The van der Waals surface area contributed by atoms with Gasteiger partial charge in [0, 0.05) is 26.9 Å². The summed E-state index contributed by atoms with van der Waals surface area (Å²) in [5.41, 5.74) is 11.3. The van der Waals surface area contributed by atoms with Crippen LogP contribution >= 0.6 is 46.2 Å². The van der Waals surface area contributed by atoms with Gasteiger partial charge in [0.15, 0.2) is 0 Å². The van der Waals surface area contributed by atoms with E-state index in [9.17, 15) is 0 Å². The maximum absolute atomic E-state index is 4.96. The van der Waals surface area contributed by atoms with Gasteiger partial charge in [-0.05, 0) is 132 Å². The zero-order chi connectivity index (χ0) is 38.3. The first-order chi connectivity index (χ1) is 27.5. The summed E-state index contributed by atoms with van der Waals surface area (Å²) in [6, 6.07) is 49.6. The summed E-state index contributed by atoms with van der Waals surface area (Å²) in [6.07, 6.45) is 19.0. The fourth-order valence-corrected chi connectivity index (χ4v) is 9.36. The highest BCUT2D eigenvalue weighted by molar-refractivity contribution is 7.99. The van der Waals surface area contributed by atoms with E-state index >= 15 is 0 Å². The molecule has 3 nitrogen and oxygen atoms in total. The predicted octanol–water partition coefficient (Wildman–Crippen LogP) is 15.3. The van der Waals surface area contributed by atoms with Crippen molar-refractivity contribution in [3.05, 3.63) is 185 Å². The quantitative estimate of drug-likeness (QED) is 0.0907. The molecule has 8 rings (SSSR count). The Bertz CT molecular complexity index is 2690. The molecule has 0 saturated carbocycles. The first kappa shape index (κ1) is 37.5. The standard InChI is InChI=1S/C49H39N3S4/c1-34(12-11-19-49-50-43-16-8-9-17-45(43)55-49)35-20-26-40(27-21-35)52(39-14-5-4-6-15-39)41-28-22-36(23-29-41)38-25-31-46-44(32-38)51-48(56-46)18-10-7-13-37-24-30-42(53-2)33-47(37)54-3/h4-33H,1-3H3/b13-7+,18-10+,19-11+,34-12+. The lowest BCUT2D eigenvalue weighted by Crippen LogP contribution is -2.09. The van der Waals surface area contributed by atoms with Gasteiger partial charge >= 0.3 is 0 Å². The van der Waals surface area contributed by atoms with Crippen molar-refractivity contribution < 1.29 is 0 Å². The zero-order valence-electron chi connectivity index (χ0n) is 31.3. The summed E-state index contributed by atoms with van der Waals surface area (Å²) in [7, 11) is 0. The molecular weight excluding hydrogens is 759 g/mol. The number of fused-ring (bicyclic) bond motifs is 2. The van der Waals surface area contributed by atoms with E-state index < -0.39 is 0 Å². The summed E-state index contributed by atoms with van der Waals surface area (Å²) in [5.74, 6) is 0. The molecule has 8 aromatic rings. The number of allylic oxidation sites excluding steroid dienone is 5. The molecule has 0 aliphatic rings. The van der Waals surface area contributed by atoms with Crippen LogP contribution in [0.25, 0.3) is 55.4 Å². The Morgan fingerprint density at radius 2 is 1.18 bits per heavy atom. The molecule has 0 unspecified atom stereocenters. The Labute approximate surface area is 345 Å². The Morgan fingerprint density at radius 3 is 1.91 bits per heavy atom. The molecule has 0 spiro atoms. The lowest BCUT2D eigenvalue weighted by atomic mass is 10.0. The molecule has 0 bridgehead atoms. The number of hydrogen-bond donors (Lipinski definition) is 0. The van der Waals surface area contributed by atoms with Crippen molar-refractivity contribution in [2.24, 2.45) is 0 Å². The summed E-state index contributed by atoms with van der Waals surface area (Å²) in [6.45, 7) is 2.15. The van der Waals surface area contributed by atoms with Gasteiger partial charge in [0.25, 0.3) is 0 Å².